The summed E-state index contributed by atoms with van der Waals surface area (Å²) in [4.78, 5) is 17.3. The summed E-state index contributed by atoms with van der Waals surface area (Å²) in [6, 6.07) is 24.1. The fourth-order valence-electron chi connectivity index (χ4n) is 4.54. The molecule has 8 heteroatoms. The van der Waals surface area contributed by atoms with Crippen molar-refractivity contribution in [2.24, 2.45) is 5.73 Å². The number of carboxylic acids is 1. The van der Waals surface area contributed by atoms with Crippen LogP contribution in [0.1, 0.15) is 39.8 Å². The first-order valence-electron chi connectivity index (χ1n) is 13.6. The Bertz CT molecular complexity index is 1460. The summed E-state index contributed by atoms with van der Waals surface area (Å²) in [6.45, 7) is 5.91. The third-order valence-electron chi connectivity index (χ3n) is 6.70. The second-order valence-corrected chi connectivity index (χ2v) is 10.2. The van der Waals surface area contributed by atoms with E-state index in [0.29, 0.717) is 37.6 Å². The maximum atomic E-state index is 14.2. The van der Waals surface area contributed by atoms with Gasteiger partial charge in [-0.1, -0.05) is 77.9 Å². The number of halogens is 1. The van der Waals surface area contributed by atoms with Crippen molar-refractivity contribution < 1.29 is 23.8 Å². The molecule has 3 N–H and O–H groups in total. The van der Waals surface area contributed by atoms with E-state index < -0.39 is 18.0 Å². The fourth-order valence-corrected chi connectivity index (χ4v) is 4.54. The number of rotatable bonds is 14. The van der Waals surface area contributed by atoms with E-state index in [1.165, 1.54) is 12.3 Å². The summed E-state index contributed by atoms with van der Waals surface area (Å²) in [5.41, 5.74) is 11.8. The van der Waals surface area contributed by atoms with Crippen molar-refractivity contribution in [3.8, 4) is 11.5 Å². The molecule has 0 unspecified atom stereocenters. The number of ether oxygens (including phenoxy) is 2. The van der Waals surface area contributed by atoms with Crippen molar-refractivity contribution in [2.75, 3.05) is 6.54 Å². The molecule has 0 aliphatic heterocycles. The zero-order chi connectivity index (χ0) is 29.2. The van der Waals surface area contributed by atoms with Crippen LogP contribution in [-0.2, 0) is 31.1 Å². The predicted octanol–water partition coefficient (Wildman–Crippen LogP) is 5.80. The molecule has 7 nitrogen and oxygen atoms in total. The lowest BCUT2D eigenvalue weighted by Gasteiger charge is -2.25. The molecule has 4 aromatic rings. The Kier molecular flexibility index (Phi) is 10.4. The van der Waals surface area contributed by atoms with E-state index in [1.807, 2.05) is 85.5 Å². The molecule has 0 spiro atoms. The number of hydrogen-bond acceptors (Lipinski definition) is 6. The first-order chi connectivity index (χ1) is 19.8. The Morgan fingerprint density at radius 2 is 1.49 bits per heavy atom. The van der Waals surface area contributed by atoms with Gasteiger partial charge in [-0.15, -0.1) is 0 Å². The Balaban J connectivity index is 1.54. The van der Waals surface area contributed by atoms with E-state index in [1.54, 1.807) is 0 Å². The van der Waals surface area contributed by atoms with Crippen molar-refractivity contribution in [1.29, 1.82) is 0 Å². The summed E-state index contributed by atoms with van der Waals surface area (Å²) in [5.74, 6) is -0.579. The van der Waals surface area contributed by atoms with Gasteiger partial charge in [-0.25, -0.2) is 4.98 Å². The van der Waals surface area contributed by atoms with Crippen molar-refractivity contribution in [3.05, 3.63) is 124 Å². The second-order valence-electron chi connectivity index (χ2n) is 10.2. The molecular weight excluding hydrogens is 521 g/mol. The molecule has 1 heterocycles. The molecule has 0 aliphatic carbocycles. The summed E-state index contributed by atoms with van der Waals surface area (Å²) >= 11 is 0. The van der Waals surface area contributed by atoms with Crippen LogP contribution in [0.3, 0.4) is 0 Å². The number of pyridine rings is 1. The van der Waals surface area contributed by atoms with E-state index in [2.05, 4.69) is 11.1 Å². The number of aryl methyl sites for hydroxylation is 2. The smallest absolute Gasteiger partial charge is 0.320 e. The first-order valence-corrected chi connectivity index (χ1v) is 13.6. The molecule has 214 valence electrons. The van der Waals surface area contributed by atoms with Crippen LogP contribution in [0, 0.1) is 19.8 Å². The van der Waals surface area contributed by atoms with Gasteiger partial charge in [-0.2, -0.15) is 4.39 Å². The number of hydrogen-bond donors (Lipinski definition) is 2. The van der Waals surface area contributed by atoms with Gasteiger partial charge in [0.15, 0.2) is 0 Å². The normalized spacial score (nSPS) is 11.8. The van der Waals surface area contributed by atoms with Gasteiger partial charge < -0.3 is 20.3 Å². The number of aromatic nitrogens is 1. The molecule has 0 bridgehead atoms. The van der Waals surface area contributed by atoms with Crippen LogP contribution in [0.2, 0.25) is 0 Å². The van der Waals surface area contributed by atoms with E-state index in [-0.39, 0.29) is 13.0 Å². The van der Waals surface area contributed by atoms with Crippen LogP contribution in [-0.4, -0.2) is 33.5 Å². The third-order valence-corrected chi connectivity index (χ3v) is 6.70. The Morgan fingerprint density at radius 1 is 0.878 bits per heavy atom. The highest BCUT2D eigenvalue weighted by atomic mass is 19.1. The third kappa shape index (κ3) is 9.13. The molecule has 1 aromatic heterocycles. The number of aliphatic carboxylic acids is 1. The zero-order valence-corrected chi connectivity index (χ0v) is 23.4. The quantitative estimate of drug-likeness (QED) is 0.189. The Labute approximate surface area is 240 Å². The molecule has 0 amide bonds. The number of nitrogens with two attached hydrogens (primary N) is 1. The van der Waals surface area contributed by atoms with E-state index in [4.69, 9.17) is 15.2 Å². The van der Waals surface area contributed by atoms with Gasteiger partial charge in [-0.3, -0.25) is 9.69 Å². The van der Waals surface area contributed by atoms with Gasteiger partial charge in [0, 0.05) is 43.0 Å². The number of para-hydroxylation sites is 1. The van der Waals surface area contributed by atoms with Crippen LogP contribution in [0.25, 0.3) is 0 Å². The molecule has 0 saturated carbocycles. The van der Waals surface area contributed by atoms with Gasteiger partial charge in [-0.05, 0) is 37.5 Å². The largest absolute Gasteiger partial charge is 0.489 e. The van der Waals surface area contributed by atoms with Crippen molar-refractivity contribution >= 4 is 5.97 Å². The summed E-state index contributed by atoms with van der Waals surface area (Å²) in [5, 5.41) is 9.35. The summed E-state index contributed by atoms with van der Waals surface area (Å²) in [7, 11) is 0. The lowest BCUT2D eigenvalue weighted by molar-refractivity contribution is -0.138. The molecule has 0 aliphatic rings. The summed E-state index contributed by atoms with van der Waals surface area (Å²) in [6.07, 6.45) is 1.70. The molecule has 0 fully saturated rings. The van der Waals surface area contributed by atoms with E-state index in [0.717, 1.165) is 33.6 Å². The topological polar surface area (TPSA) is 97.9 Å². The first kappa shape index (κ1) is 29.7. The maximum absolute atomic E-state index is 14.2. The SMILES string of the molecule is Cc1cccc(COc2ccccc2CN(CC[C@H](N)C(=O)O)Cc2cnc(F)cc2OCc2cccc(C)c2)c1. The molecule has 0 radical (unpaired) electrons. The van der Waals surface area contributed by atoms with E-state index in [9.17, 15) is 14.3 Å². The number of carbonyl (C=O) groups is 1. The van der Waals surface area contributed by atoms with Crippen LogP contribution in [0.4, 0.5) is 4.39 Å². The summed E-state index contributed by atoms with van der Waals surface area (Å²) < 4.78 is 26.4. The van der Waals surface area contributed by atoms with Gasteiger partial charge >= 0.3 is 5.97 Å². The lowest BCUT2D eigenvalue weighted by Crippen LogP contribution is -2.35. The average molecular weight is 558 g/mol. The monoisotopic (exact) mass is 557 g/mol. The van der Waals surface area contributed by atoms with Crippen LogP contribution >= 0.6 is 0 Å². The minimum absolute atomic E-state index is 0.232. The molecule has 0 saturated heterocycles. The molecular formula is C33H36FN3O4. The van der Waals surface area contributed by atoms with Crippen LogP contribution in [0.15, 0.2) is 85.1 Å². The minimum atomic E-state index is -1.06. The van der Waals surface area contributed by atoms with Crippen LogP contribution in [0.5, 0.6) is 11.5 Å². The van der Waals surface area contributed by atoms with Gasteiger partial charge in [0.2, 0.25) is 5.95 Å². The lowest BCUT2D eigenvalue weighted by atomic mass is 10.1. The van der Waals surface area contributed by atoms with Gasteiger partial charge in [0.1, 0.15) is 30.8 Å². The number of nitrogens with zero attached hydrogens (tertiary/aromatic N) is 2. The highest BCUT2D eigenvalue weighted by Crippen LogP contribution is 2.26. The van der Waals surface area contributed by atoms with E-state index >= 15 is 0 Å². The highest BCUT2D eigenvalue weighted by molar-refractivity contribution is 5.73. The Morgan fingerprint density at radius 3 is 2.12 bits per heavy atom. The highest BCUT2D eigenvalue weighted by Gasteiger charge is 2.18. The van der Waals surface area contributed by atoms with Crippen molar-refractivity contribution in [1.82, 2.24) is 9.88 Å². The maximum Gasteiger partial charge on any atom is 0.320 e. The standard InChI is InChI=1S/C33H36FN3O4/c1-23-7-5-9-25(15-23)21-40-30-12-4-3-11-27(30)19-37(14-13-29(35)33(38)39)20-28-18-36-32(34)17-31(28)41-22-26-10-6-8-24(2)16-26/h3-12,15-18,29H,13-14,19-22,35H2,1-2H3,(H,38,39)/t29-/m0/s1. The molecule has 4 rings (SSSR count). The number of benzene rings is 3. The second kappa shape index (κ2) is 14.4. The predicted molar refractivity (Wildman–Crippen MR) is 156 cm³/mol. The van der Waals surface area contributed by atoms with Crippen molar-refractivity contribution in [3.63, 3.8) is 0 Å². The Hall–Kier alpha value is -4.27. The molecule has 3 aromatic carbocycles. The van der Waals surface area contributed by atoms with Crippen LogP contribution < -0.4 is 15.2 Å². The minimum Gasteiger partial charge on any atom is -0.489 e. The zero-order valence-electron chi connectivity index (χ0n) is 23.4. The van der Waals surface area contributed by atoms with Gasteiger partial charge in [0.25, 0.3) is 0 Å². The molecule has 1 atom stereocenters. The average Bonchev–Trinajstić information content (AvgIpc) is 2.95. The number of carboxylic acid groups (broad SMARTS) is 1. The van der Waals surface area contributed by atoms with Crippen molar-refractivity contribution in [2.45, 2.75) is 52.6 Å². The fraction of sp³-hybridized carbons (Fsp3) is 0.273. The molecule has 41 heavy (non-hydrogen) atoms. The van der Waals surface area contributed by atoms with Gasteiger partial charge in [0.05, 0.1) is 0 Å².